The molecular formula is C10H12F2O. The molecule has 3 heteroatoms. The van der Waals surface area contributed by atoms with Crippen molar-refractivity contribution in [3.05, 3.63) is 34.9 Å². The molecule has 0 saturated heterocycles. The molecule has 0 amide bonds. The Morgan fingerprint density at radius 3 is 2.15 bits per heavy atom. The van der Waals surface area contributed by atoms with Crippen LogP contribution in [0.25, 0.3) is 0 Å². The first-order chi connectivity index (χ1) is 6.19. The van der Waals surface area contributed by atoms with E-state index in [0.717, 1.165) is 0 Å². The fourth-order valence-electron chi connectivity index (χ4n) is 1.27. The topological polar surface area (TPSA) is 20.2 Å². The zero-order chi connectivity index (χ0) is 9.84. The lowest BCUT2D eigenvalue weighted by Crippen LogP contribution is -1.98. The number of halogens is 2. The van der Waals surface area contributed by atoms with Gasteiger partial charge in [-0.2, -0.15) is 0 Å². The molecule has 0 aliphatic rings. The molecule has 0 heterocycles. The third-order valence-electron chi connectivity index (χ3n) is 1.95. The van der Waals surface area contributed by atoms with Crippen LogP contribution in [0.2, 0.25) is 0 Å². The molecule has 13 heavy (non-hydrogen) atoms. The Balaban J connectivity index is 3.05. The molecule has 0 aliphatic heterocycles. The van der Waals surface area contributed by atoms with Crippen LogP contribution < -0.4 is 0 Å². The summed E-state index contributed by atoms with van der Waals surface area (Å²) in [6.45, 7) is 1.61. The molecule has 1 N–H and O–H groups in total. The van der Waals surface area contributed by atoms with Crippen LogP contribution >= 0.6 is 0 Å². The third kappa shape index (κ3) is 2.25. The SMILES string of the molecule is CCc1c(F)cc(CCO)cc1F. The first-order valence-electron chi connectivity index (χ1n) is 4.26. The summed E-state index contributed by atoms with van der Waals surface area (Å²) in [7, 11) is 0. The Morgan fingerprint density at radius 1 is 1.23 bits per heavy atom. The Labute approximate surface area is 76.0 Å². The lowest BCUT2D eigenvalue weighted by Gasteiger charge is -2.04. The quantitative estimate of drug-likeness (QED) is 0.766. The molecule has 0 aliphatic carbocycles. The molecule has 1 rings (SSSR count). The fourth-order valence-corrected chi connectivity index (χ4v) is 1.27. The van der Waals surface area contributed by atoms with Crippen molar-refractivity contribution in [1.29, 1.82) is 0 Å². The summed E-state index contributed by atoms with van der Waals surface area (Å²) in [6, 6.07) is 2.55. The maximum atomic E-state index is 13.1. The summed E-state index contributed by atoms with van der Waals surface area (Å²) in [6.07, 6.45) is 0.634. The lowest BCUT2D eigenvalue weighted by molar-refractivity contribution is 0.299. The van der Waals surface area contributed by atoms with Gasteiger partial charge < -0.3 is 5.11 Å². The van der Waals surface area contributed by atoms with Crippen molar-refractivity contribution in [2.75, 3.05) is 6.61 Å². The minimum Gasteiger partial charge on any atom is -0.396 e. The normalized spacial score (nSPS) is 10.5. The van der Waals surface area contributed by atoms with E-state index in [1.165, 1.54) is 12.1 Å². The van der Waals surface area contributed by atoms with Gasteiger partial charge in [-0.1, -0.05) is 6.92 Å². The van der Waals surface area contributed by atoms with Crippen molar-refractivity contribution in [1.82, 2.24) is 0 Å². The summed E-state index contributed by atoms with van der Waals surface area (Å²) in [5.74, 6) is -1.04. The number of aliphatic hydroxyl groups is 1. The number of aliphatic hydroxyl groups excluding tert-OH is 1. The van der Waals surface area contributed by atoms with Crippen molar-refractivity contribution in [3.63, 3.8) is 0 Å². The molecule has 1 aromatic carbocycles. The van der Waals surface area contributed by atoms with E-state index in [0.29, 0.717) is 12.0 Å². The van der Waals surface area contributed by atoms with Gasteiger partial charge in [0.1, 0.15) is 11.6 Å². The fraction of sp³-hybridized carbons (Fsp3) is 0.400. The monoisotopic (exact) mass is 186 g/mol. The molecule has 1 nitrogen and oxygen atoms in total. The van der Waals surface area contributed by atoms with Gasteiger partial charge >= 0.3 is 0 Å². The molecule has 0 unspecified atom stereocenters. The highest BCUT2D eigenvalue weighted by atomic mass is 19.1. The molecule has 72 valence electrons. The minimum absolute atomic E-state index is 0.0929. The van der Waals surface area contributed by atoms with Crippen LogP contribution in [0, 0.1) is 11.6 Å². The second kappa shape index (κ2) is 4.33. The molecule has 0 bridgehead atoms. The summed E-state index contributed by atoms with van der Waals surface area (Å²) in [5.41, 5.74) is 0.608. The molecule has 0 saturated carbocycles. The average molecular weight is 186 g/mol. The van der Waals surface area contributed by atoms with Crippen molar-refractivity contribution in [2.45, 2.75) is 19.8 Å². The standard InChI is InChI=1S/C10H12F2O/c1-2-8-9(11)5-7(3-4-13)6-10(8)12/h5-6,13H,2-4H2,1H3. The van der Waals surface area contributed by atoms with E-state index >= 15 is 0 Å². The molecule has 1 aromatic rings. The van der Waals surface area contributed by atoms with Gasteiger partial charge in [0.15, 0.2) is 0 Å². The molecule has 0 atom stereocenters. The van der Waals surface area contributed by atoms with Crippen LogP contribution in [0.15, 0.2) is 12.1 Å². The van der Waals surface area contributed by atoms with E-state index in [9.17, 15) is 8.78 Å². The van der Waals surface area contributed by atoms with E-state index in [1.54, 1.807) is 6.92 Å². The van der Waals surface area contributed by atoms with Gasteiger partial charge in [0.25, 0.3) is 0 Å². The van der Waals surface area contributed by atoms with E-state index in [-0.39, 0.29) is 18.6 Å². The highest BCUT2D eigenvalue weighted by Crippen LogP contribution is 2.16. The van der Waals surface area contributed by atoms with Gasteiger partial charge in [0.05, 0.1) is 0 Å². The zero-order valence-corrected chi connectivity index (χ0v) is 7.48. The number of rotatable bonds is 3. The van der Waals surface area contributed by atoms with Gasteiger partial charge in [-0.15, -0.1) is 0 Å². The van der Waals surface area contributed by atoms with Crippen LogP contribution in [0.1, 0.15) is 18.1 Å². The Bertz CT molecular complexity index is 274. The molecular weight excluding hydrogens is 174 g/mol. The minimum atomic E-state index is -0.522. The predicted octanol–water partition coefficient (Wildman–Crippen LogP) is 2.06. The van der Waals surface area contributed by atoms with E-state index in [1.807, 2.05) is 0 Å². The van der Waals surface area contributed by atoms with E-state index in [4.69, 9.17) is 5.11 Å². The summed E-state index contributed by atoms with van der Waals surface area (Å²) >= 11 is 0. The van der Waals surface area contributed by atoms with Gasteiger partial charge in [0, 0.05) is 12.2 Å². The predicted molar refractivity (Wildman–Crippen MR) is 46.5 cm³/mol. The highest BCUT2D eigenvalue weighted by molar-refractivity contribution is 5.26. The largest absolute Gasteiger partial charge is 0.396 e. The van der Waals surface area contributed by atoms with Gasteiger partial charge in [-0.3, -0.25) is 0 Å². The summed E-state index contributed by atoms with van der Waals surface area (Å²) in [5, 5.41) is 8.58. The zero-order valence-electron chi connectivity index (χ0n) is 7.48. The van der Waals surface area contributed by atoms with Gasteiger partial charge in [-0.05, 0) is 30.5 Å². The Hall–Kier alpha value is -0.960. The van der Waals surface area contributed by atoms with Gasteiger partial charge in [-0.25, -0.2) is 8.78 Å². The number of benzene rings is 1. The lowest BCUT2D eigenvalue weighted by atomic mass is 10.1. The smallest absolute Gasteiger partial charge is 0.129 e. The van der Waals surface area contributed by atoms with Crippen LogP contribution in [-0.2, 0) is 12.8 Å². The third-order valence-corrected chi connectivity index (χ3v) is 1.95. The second-order valence-electron chi connectivity index (χ2n) is 2.87. The van der Waals surface area contributed by atoms with Crippen molar-refractivity contribution >= 4 is 0 Å². The Kier molecular flexibility index (Phi) is 3.37. The van der Waals surface area contributed by atoms with Crippen LogP contribution in [0.3, 0.4) is 0 Å². The van der Waals surface area contributed by atoms with Gasteiger partial charge in [0.2, 0.25) is 0 Å². The number of hydrogen-bond donors (Lipinski definition) is 1. The van der Waals surface area contributed by atoms with Crippen molar-refractivity contribution in [3.8, 4) is 0 Å². The van der Waals surface area contributed by atoms with E-state index in [2.05, 4.69) is 0 Å². The number of hydrogen-bond acceptors (Lipinski definition) is 1. The molecule has 0 radical (unpaired) electrons. The summed E-state index contributed by atoms with van der Waals surface area (Å²) in [4.78, 5) is 0. The first-order valence-corrected chi connectivity index (χ1v) is 4.26. The van der Waals surface area contributed by atoms with E-state index < -0.39 is 11.6 Å². The molecule has 0 spiro atoms. The maximum absolute atomic E-state index is 13.1. The van der Waals surface area contributed by atoms with Crippen molar-refractivity contribution in [2.24, 2.45) is 0 Å². The first kappa shape index (κ1) is 10.1. The Morgan fingerprint density at radius 2 is 1.77 bits per heavy atom. The van der Waals surface area contributed by atoms with Crippen LogP contribution in [0.4, 0.5) is 8.78 Å². The second-order valence-corrected chi connectivity index (χ2v) is 2.87. The molecule has 0 fully saturated rings. The summed E-state index contributed by atoms with van der Waals surface area (Å²) < 4.78 is 26.2. The maximum Gasteiger partial charge on any atom is 0.129 e. The molecule has 0 aromatic heterocycles. The highest BCUT2D eigenvalue weighted by Gasteiger charge is 2.08. The van der Waals surface area contributed by atoms with Crippen LogP contribution in [-0.4, -0.2) is 11.7 Å². The van der Waals surface area contributed by atoms with Crippen molar-refractivity contribution < 1.29 is 13.9 Å². The van der Waals surface area contributed by atoms with Crippen LogP contribution in [0.5, 0.6) is 0 Å². The average Bonchev–Trinajstić information content (AvgIpc) is 2.04.